The molecule has 0 radical (unpaired) electrons. The predicted octanol–water partition coefficient (Wildman–Crippen LogP) is 1.45. The first-order chi connectivity index (χ1) is 8.94. The third-order valence-corrected chi connectivity index (χ3v) is 3.19. The minimum absolute atomic E-state index is 0.173. The van der Waals surface area contributed by atoms with E-state index in [1.54, 1.807) is 27.2 Å². The SMILES string of the molecule is CCC(C)(N)C(=O)NCc1ccc(OC)cc1OC. The van der Waals surface area contributed by atoms with Crippen LogP contribution in [-0.2, 0) is 11.3 Å². The van der Waals surface area contributed by atoms with Gasteiger partial charge in [-0.1, -0.05) is 6.92 Å². The Kier molecular flexibility index (Phi) is 5.18. The number of rotatable bonds is 6. The first-order valence-corrected chi connectivity index (χ1v) is 6.22. The number of nitrogens with two attached hydrogens (primary N) is 1. The lowest BCUT2D eigenvalue weighted by Gasteiger charge is -2.22. The van der Waals surface area contributed by atoms with E-state index in [0.717, 1.165) is 5.56 Å². The molecule has 3 N–H and O–H groups in total. The molecule has 1 atom stereocenters. The lowest BCUT2D eigenvalue weighted by molar-refractivity contribution is -0.126. The van der Waals surface area contributed by atoms with Crippen LogP contribution in [-0.4, -0.2) is 25.7 Å². The molecule has 0 fully saturated rings. The van der Waals surface area contributed by atoms with Crippen LogP contribution in [0, 0.1) is 0 Å². The Balaban J connectivity index is 2.75. The van der Waals surface area contributed by atoms with Crippen LogP contribution in [0.3, 0.4) is 0 Å². The van der Waals surface area contributed by atoms with E-state index in [0.29, 0.717) is 24.5 Å². The Morgan fingerprint density at radius 2 is 2.05 bits per heavy atom. The summed E-state index contributed by atoms with van der Waals surface area (Å²) in [7, 11) is 3.18. The van der Waals surface area contributed by atoms with Gasteiger partial charge in [0, 0.05) is 18.2 Å². The molecule has 0 spiro atoms. The predicted molar refractivity (Wildman–Crippen MR) is 74.3 cm³/mol. The molecule has 106 valence electrons. The summed E-state index contributed by atoms with van der Waals surface area (Å²) in [4.78, 5) is 11.9. The minimum atomic E-state index is -0.848. The van der Waals surface area contributed by atoms with Crippen LogP contribution in [0.25, 0.3) is 0 Å². The fourth-order valence-electron chi connectivity index (χ4n) is 1.54. The monoisotopic (exact) mass is 266 g/mol. The third-order valence-electron chi connectivity index (χ3n) is 3.19. The Bertz CT molecular complexity index is 444. The van der Waals surface area contributed by atoms with Gasteiger partial charge >= 0.3 is 0 Å². The highest BCUT2D eigenvalue weighted by Gasteiger charge is 2.25. The molecular formula is C14H22N2O3. The summed E-state index contributed by atoms with van der Waals surface area (Å²) in [5.41, 5.74) is 5.91. The van der Waals surface area contributed by atoms with E-state index in [-0.39, 0.29) is 5.91 Å². The van der Waals surface area contributed by atoms with E-state index in [9.17, 15) is 4.79 Å². The number of nitrogens with one attached hydrogen (secondary N) is 1. The van der Waals surface area contributed by atoms with Crippen molar-refractivity contribution in [3.8, 4) is 11.5 Å². The van der Waals surface area contributed by atoms with Gasteiger partial charge in [0.25, 0.3) is 0 Å². The number of carbonyl (C=O) groups excluding carboxylic acids is 1. The number of hydrogen-bond acceptors (Lipinski definition) is 4. The highest BCUT2D eigenvalue weighted by atomic mass is 16.5. The van der Waals surface area contributed by atoms with Gasteiger partial charge in [-0.3, -0.25) is 4.79 Å². The molecule has 0 saturated heterocycles. The maximum atomic E-state index is 11.9. The second-order valence-electron chi connectivity index (χ2n) is 4.63. The summed E-state index contributed by atoms with van der Waals surface area (Å²) in [6, 6.07) is 5.46. The van der Waals surface area contributed by atoms with Gasteiger partial charge in [-0.2, -0.15) is 0 Å². The number of ether oxygens (including phenoxy) is 2. The van der Waals surface area contributed by atoms with Gasteiger partial charge in [0.15, 0.2) is 0 Å². The Hall–Kier alpha value is -1.75. The Labute approximate surface area is 114 Å². The van der Waals surface area contributed by atoms with Gasteiger partial charge in [0.05, 0.1) is 19.8 Å². The number of amides is 1. The van der Waals surface area contributed by atoms with Gasteiger partial charge in [-0.05, 0) is 25.5 Å². The van der Waals surface area contributed by atoms with Gasteiger partial charge in [-0.15, -0.1) is 0 Å². The molecule has 1 aromatic rings. The van der Waals surface area contributed by atoms with Crippen LogP contribution in [0.1, 0.15) is 25.8 Å². The molecule has 0 aliphatic heterocycles. The van der Waals surface area contributed by atoms with E-state index in [4.69, 9.17) is 15.2 Å². The average molecular weight is 266 g/mol. The van der Waals surface area contributed by atoms with Crippen LogP contribution in [0.4, 0.5) is 0 Å². The summed E-state index contributed by atoms with van der Waals surface area (Å²) in [5, 5.41) is 2.82. The van der Waals surface area contributed by atoms with Crippen LogP contribution < -0.4 is 20.5 Å². The van der Waals surface area contributed by atoms with Gasteiger partial charge < -0.3 is 20.5 Å². The molecule has 0 aromatic heterocycles. The van der Waals surface area contributed by atoms with Crippen molar-refractivity contribution in [1.82, 2.24) is 5.32 Å². The third kappa shape index (κ3) is 3.86. The number of hydrogen-bond donors (Lipinski definition) is 2. The summed E-state index contributed by atoms with van der Waals surface area (Å²) < 4.78 is 10.4. The van der Waals surface area contributed by atoms with Crippen molar-refractivity contribution in [3.63, 3.8) is 0 Å². The van der Waals surface area contributed by atoms with E-state index < -0.39 is 5.54 Å². The maximum absolute atomic E-state index is 11.9. The minimum Gasteiger partial charge on any atom is -0.497 e. The molecule has 1 aromatic carbocycles. The molecule has 1 unspecified atom stereocenters. The zero-order valence-electron chi connectivity index (χ0n) is 11.9. The van der Waals surface area contributed by atoms with E-state index >= 15 is 0 Å². The normalized spacial score (nSPS) is 13.5. The van der Waals surface area contributed by atoms with Gasteiger partial charge in [-0.25, -0.2) is 0 Å². The lowest BCUT2D eigenvalue weighted by atomic mass is 9.99. The van der Waals surface area contributed by atoms with Crippen molar-refractivity contribution < 1.29 is 14.3 Å². The molecule has 5 nitrogen and oxygen atoms in total. The average Bonchev–Trinajstić information content (AvgIpc) is 2.44. The van der Waals surface area contributed by atoms with Crippen LogP contribution in [0.2, 0.25) is 0 Å². The largest absolute Gasteiger partial charge is 0.497 e. The maximum Gasteiger partial charge on any atom is 0.240 e. The van der Waals surface area contributed by atoms with Crippen molar-refractivity contribution in [1.29, 1.82) is 0 Å². The highest BCUT2D eigenvalue weighted by molar-refractivity contribution is 5.85. The van der Waals surface area contributed by atoms with Crippen molar-refractivity contribution >= 4 is 5.91 Å². The molecule has 0 aliphatic carbocycles. The van der Waals surface area contributed by atoms with E-state index in [1.165, 1.54) is 0 Å². The number of carbonyl (C=O) groups is 1. The van der Waals surface area contributed by atoms with Crippen LogP contribution in [0.15, 0.2) is 18.2 Å². The molecular weight excluding hydrogens is 244 g/mol. The quantitative estimate of drug-likeness (QED) is 0.817. The highest BCUT2D eigenvalue weighted by Crippen LogP contribution is 2.24. The summed E-state index contributed by atoms with van der Waals surface area (Å²) in [5.74, 6) is 1.21. The topological polar surface area (TPSA) is 73.6 Å². The van der Waals surface area contributed by atoms with Gasteiger partial charge in [0.2, 0.25) is 5.91 Å². The first kappa shape index (κ1) is 15.3. The van der Waals surface area contributed by atoms with Crippen molar-refractivity contribution in [2.45, 2.75) is 32.4 Å². The zero-order chi connectivity index (χ0) is 14.5. The Morgan fingerprint density at radius 3 is 2.58 bits per heavy atom. The summed E-state index contributed by atoms with van der Waals surface area (Å²) >= 11 is 0. The second kappa shape index (κ2) is 6.43. The van der Waals surface area contributed by atoms with Crippen LogP contribution >= 0.6 is 0 Å². The second-order valence-corrected chi connectivity index (χ2v) is 4.63. The molecule has 1 amide bonds. The van der Waals surface area contributed by atoms with Crippen molar-refractivity contribution in [2.24, 2.45) is 5.73 Å². The van der Waals surface area contributed by atoms with E-state index in [1.807, 2.05) is 19.1 Å². The van der Waals surface area contributed by atoms with Crippen LogP contribution in [0.5, 0.6) is 11.5 Å². The molecule has 19 heavy (non-hydrogen) atoms. The summed E-state index contributed by atoms with van der Waals surface area (Å²) in [6.45, 7) is 3.97. The lowest BCUT2D eigenvalue weighted by Crippen LogP contribution is -2.50. The van der Waals surface area contributed by atoms with E-state index in [2.05, 4.69) is 5.32 Å². The standard InChI is InChI=1S/C14H22N2O3/c1-5-14(2,15)13(17)16-9-10-6-7-11(18-3)8-12(10)19-4/h6-8H,5,9,15H2,1-4H3,(H,16,17). The smallest absolute Gasteiger partial charge is 0.240 e. The zero-order valence-corrected chi connectivity index (χ0v) is 11.9. The fourth-order valence-corrected chi connectivity index (χ4v) is 1.54. The first-order valence-electron chi connectivity index (χ1n) is 6.22. The fraction of sp³-hybridized carbons (Fsp3) is 0.500. The molecule has 1 rings (SSSR count). The molecule has 0 heterocycles. The van der Waals surface area contributed by atoms with Crippen molar-refractivity contribution in [3.05, 3.63) is 23.8 Å². The van der Waals surface area contributed by atoms with Crippen molar-refractivity contribution in [2.75, 3.05) is 14.2 Å². The Morgan fingerprint density at radius 1 is 1.37 bits per heavy atom. The molecule has 0 saturated carbocycles. The summed E-state index contributed by atoms with van der Waals surface area (Å²) in [6.07, 6.45) is 0.582. The molecule has 0 aliphatic rings. The number of benzene rings is 1. The molecule has 5 heteroatoms. The van der Waals surface area contributed by atoms with Gasteiger partial charge in [0.1, 0.15) is 11.5 Å². The molecule has 0 bridgehead atoms. The number of methoxy groups -OCH3 is 2.